The van der Waals surface area contributed by atoms with Crippen LogP contribution in [0.4, 0.5) is 5.69 Å². The molecule has 3 rings (SSSR count). The van der Waals surface area contributed by atoms with E-state index in [0.29, 0.717) is 6.04 Å². The third-order valence-electron chi connectivity index (χ3n) is 5.03. The Morgan fingerprint density at radius 3 is 2.52 bits per heavy atom. The zero-order valence-corrected chi connectivity index (χ0v) is 13.4. The highest BCUT2D eigenvalue weighted by Crippen LogP contribution is 2.41. The van der Waals surface area contributed by atoms with Gasteiger partial charge in [0.25, 0.3) is 0 Å². The second kappa shape index (κ2) is 5.95. The fraction of sp³-hybridized carbons (Fsp3) is 0.688. The molecule has 2 saturated carbocycles. The number of nitrogens with one attached hydrogen (secondary N) is 1. The fourth-order valence-corrected chi connectivity index (χ4v) is 4.48. The molecule has 0 radical (unpaired) electrons. The highest BCUT2D eigenvalue weighted by molar-refractivity contribution is 7.90. The van der Waals surface area contributed by atoms with E-state index >= 15 is 0 Å². The molecule has 0 saturated heterocycles. The molecule has 3 unspecified atom stereocenters. The van der Waals surface area contributed by atoms with E-state index in [1.807, 2.05) is 6.07 Å². The van der Waals surface area contributed by atoms with Crippen molar-refractivity contribution in [3.8, 4) is 0 Å². The number of nitrogens with zero attached hydrogens (tertiary/aromatic N) is 1. The number of hydrogen-bond donors (Lipinski definition) is 1. The summed E-state index contributed by atoms with van der Waals surface area (Å²) in [5.41, 5.74) is 0.932. The number of anilines is 1. The summed E-state index contributed by atoms with van der Waals surface area (Å²) >= 11 is 0. The maximum Gasteiger partial charge on any atom is 0.192 e. The van der Waals surface area contributed by atoms with Gasteiger partial charge in [-0.1, -0.05) is 25.7 Å². The molecule has 4 nitrogen and oxygen atoms in total. The molecule has 2 aliphatic rings. The maximum absolute atomic E-state index is 11.4. The number of hydrogen-bond acceptors (Lipinski definition) is 4. The Morgan fingerprint density at radius 1 is 1.10 bits per heavy atom. The molecule has 21 heavy (non-hydrogen) atoms. The van der Waals surface area contributed by atoms with E-state index in [2.05, 4.69) is 10.3 Å². The molecule has 116 valence electrons. The van der Waals surface area contributed by atoms with Gasteiger partial charge >= 0.3 is 0 Å². The van der Waals surface area contributed by atoms with Gasteiger partial charge in [0.1, 0.15) is 0 Å². The Balaban J connectivity index is 1.62. The summed E-state index contributed by atoms with van der Waals surface area (Å²) in [6, 6.07) is 3.93. The largest absolute Gasteiger partial charge is 0.381 e. The summed E-state index contributed by atoms with van der Waals surface area (Å²) in [4.78, 5) is 4.05. The van der Waals surface area contributed by atoms with Gasteiger partial charge in [0.15, 0.2) is 14.9 Å². The van der Waals surface area contributed by atoms with Crippen LogP contribution in [0.1, 0.15) is 44.9 Å². The first-order valence-electron chi connectivity index (χ1n) is 7.95. The lowest BCUT2D eigenvalue weighted by atomic mass is 9.69. The zero-order valence-electron chi connectivity index (χ0n) is 12.6. The SMILES string of the molecule is CS(=O)(=O)c1ccc(NC2CCC3CCCCC3C2)cn1. The molecule has 0 aliphatic heterocycles. The molecule has 0 amide bonds. The second-order valence-electron chi connectivity index (χ2n) is 6.62. The van der Waals surface area contributed by atoms with Gasteiger partial charge in [0, 0.05) is 12.3 Å². The standard InChI is InChI=1S/C16H24N2O2S/c1-21(19,20)16-9-8-15(11-17-16)18-14-7-6-12-4-2-3-5-13(12)10-14/h8-9,11-14,18H,2-7,10H2,1H3. The average Bonchev–Trinajstić information content (AvgIpc) is 2.47. The normalized spacial score (nSPS) is 29.7. The lowest BCUT2D eigenvalue weighted by Crippen LogP contribution is -2.34. The molecule has 1 aromatic heterocycles. The van der Waals surface area contributed by atoms with E-state index in [4.69, 9.17) is 0 Å². The van der Waals surface area contributed by atoms with Crippen molar-refractivity contribution in [3.63, 3.8) is 0 Å². The van der Waals surface area contributed by atoms with Gasteiger partial charge < -0.3 is 5.32 Å². The predicted octanol–water partition coefficient (Wildman–Crippen LogP) is 3.26. The summed E-state index contributed by atoms with van der Waals surface area (Å²) in [7, 11) is -3.21. The van der Waals surface area contributed by atoms with Crippen molar-refractivity contribution >= 4 is 15.5 Å². The lowest BCUT2D eigenvalue weighted by Gasteiger charge is -2.39. The van der Waals surface area contributed by atoms with E-state index in [1.165, 1.54) is 51.2 Å². The van der Waals surface area contributed by atoms with Gasteiger partial charge in [-0.25, -0.2) is 13.4 Å². The summed E-state index contributed by atoms with van der Waals surface area (Å²) in [6.07, 6.45) is 12.2. The van der Waals surface area contributed by atoms with Gasteiger partial charge in [-0.3, -0.25) is 0 Å². The minimum atomic E-state index is -3.21. The number of aromatic nitrogens is 1. The molecule has 2 aliphatic carbocycles. The van der Waals surface area contributed by atoms with Crippen LogP contribution in [0.25, 0.3) is 0 Å². The van der Waals surface area contributed by atoms with Crippen LogP contribution in [0, 0.1) is 11.8 Å². The number of pyridine rings is 1. The Hall–Kier alpha value is -1.10. The van der Waals surface area contributed by atoms with Crippen molar-refractivity contribution in [1.82, 2.24) is 4.98 Å². The molecule has 2 fully saturated rings. The zero-order chi connectivity index (χ0) is 14.9. The van der Waals surface area contributed by atoms with Gasteiger partial charge in [0.2, 0.25) is 0 Å². The number of sulfone groups is 1. The van der Waals surface area contributed by atoms with Crippen LogP contribution in [-0.2, 0) is 9.84 Å². The average molecular weight is 308 g/mol. The van der Waals surface area contributed by atoms with Crippen LogP contribution in [0.5, 0.6) is 0 Å². The number of rotatable bonds is 3. The van der Waals surface area contributed by atoms with Crippen LogP contribution in [0.15, 0.2) is 23.4 Å². The van der Waals surface area contributed by atoms with Gasteiger partial charge in [-0.2, -0.15) is 0 Å². The van der Waals surface area contributed by atoms with Crippen LogP contribution >= 0.6 is 0 Å². The third-order valence-corrected chi connectivity index (χ3v) is 6.03. The van der Waals surface area contributed by atoms with E-state index in [1.54, 1.807) is 12.3 Å². The Bertz CT molecular complexity index is 583. The Labute approximate surface area is 127 Å². The van der Waals surface area contributed by atoms with Crippen molar-refractivity contribution in [1.29, 1.82) is 0 Å². The first-order chi connectivity index (χ1) is 10.0. The quantitative estimate of drug-likeness (QED) is 0.931. The van der Waals surface area contributed by atoms with E-state index in [9.17, 15) is 8.42 Å². The summed E-state index contributed by atoms with van der Waals surface area (Å²) in [5.74, 6) is 1.83. The lowest BCUT2D eigenvalue weighted by molar-refractivity contribution is 0.162. The summed E-state index contributed by atoms with van der Waals surface area (Å²) in [6.45, 7) is 0. The van der Waals surface area contributed by atoms with Crippen molar-refractivity contribution in [3.05, 3.63) is 18.3 Å². The Morgan fingerprint density at radius 2 is 1.86 bits per heavy atom. The molecule has 1 N–H and O–H groups in total. The first-order valence-corrected chi connectivity index (χ1v) is 9.84. The minimum Gasteiger partial charge on any atom is -0.381 e. The molecule has 5 heteroatoms. The van der Waals surface area contributed by atoms with Crippen molar-refractivity contribution < 1.29 is 8.42 Å². The maximum atomic E-state index is 11.4. The molecule has 1 heterocycles. The first kappa shape index (κ1) is 14.8. The van der Waals surface area contributed by atoms with E-state index < -0.39 is 9.84 Å². The van der Waals surface area contributed by atoms with Crippen molar-refractivity contribution in [2.24, 2.45) is 11.8 Å². The third kappa shape index (κ3) is 3.57. The van der Waals surface area contributed by atoms with E-state index in [-0.39, 0.29) is 5.03 Å². The molecule has 0 aromatic carbocycles. The van der Waals surface area contributed by atoms with Gasteiger partial charge in [0.05, 0.1) is 11.9 Å². The highest BCUT2D eigenvalue weighted by atomic mass is 32.2. The van der Waals surface area contributed by atoms with Crippen LogP contribution in [-0.4, -0.2) is 25.7 Å². The number of fused-ring (bicyclic) bond motifs is 1. The molecular weight excluding hydrogens is 284 g/mol. The molecule has 0 spiro atoms. The summed E-state index contributed by atoms with van der Waals surface area (Å²) in [5, 5.41) is 3.68. The van der Waals surface area contributed by atoms with Crippen LogP contribution < -0.4 is 5.32 Å². The predicted molar refractivity (Wildman–Crippen MR) is 84.1 cm³/mol. The summed E-state index contributed by atoms with van der Waals surface area (Å²) < 4.78 is 22.8. The van der Waals surface area contributed by atoms with Crippen LogP contribution in [0.3, 0.4) is 0 Å². The topological polar surface area (TPSA) is 59.1 Å². The van der Waals surface area contributed by atoms with E-state index in [0.717, 1.165) is 17.5 Å². The molecule has 1 aromatic rings. The molecular formula is C16H24N2O2S. The highest BCUT2D eigenvalue weighted by Gasteiger charge is 2.32. The van der Waals surface area contributed by atoms with Gasteiger partial charge in [-0.15, -0.1) is 0 Å². The Kier molecular flexibility index (Phi) is 4.20. The van der Waals surface area contributed by atoms with Crippen molar-refractivity contribution in [2.45, 2.75) is 56.0 Å². The molecule has 0 bridgehead atoms. The van der Waals surface area contributed by atoms with Gasteiger partial charge in [-0.05, 0) is 43.2 Å². The second-order valence-corrected chi connectivity index (χ2v) is 8.58. The van der Waals surface area contributed by atoms with Crippen LogP contribution in [0.2, 0.25) is 0 Å². The molecule has 3 atom stereocenters. The smallest absolute Gasteiger partial charge is 0.192 e. The fourth-order valence-electron chi connectivity index (χ4n) is 3.93. The minimum absolute atomic E-state index is 0.143. The van der Waals surface area contributed by atoms with Crippen molar-refractivity contribution in [2.75, 3.05) is 11.6 Å². The monoisotopic (exact) mass is 308 g/mol.